The molecule has 4 aromatic heterocycles. The van der Waals surface area contributed by atoms with E-state index in [0.717, 1.165) is 44.8 Å². The molecule has 0 amide bonds. The van der Waals surface area contributed by atoms with Crippen molar-refractivity contribution in [3.63, 3.8) is 0 Å². The predicted octanol–water partition coefficient (Wildman–Crippen LogP) is 1.43. The molecule has 4 aromatic rings. The van der Waals surface area contributed by atoms with Crippen molar-refractivity contribution >= 4 is 17.7 Å². The van der Waals surface area contributed by atoms with Crippen LogP contribution in [-0.2, 0) is 6.42 Å². The number of hydrogen-bond donors (Lipinski definition) is 1. The topological polar surface area (TPSA) is 114 Å². The van der Waals surface area contributed by atoms with Gasteiger partial charge < -0.3 is 15.1 Å². The number of pyridine rings is 1. The van der Waals surface area contributed by atoms with Crippen molar-refractivity contribution in [2.24, 2.45) is 0 Å². The van der Waals surface area contributed by atoms with Crippen LogP contribution in [-0.4, -0.2) is 67.2 Å². The molecule has 0 bridgehead atoms. The predicted molar refractivity (Wildman–Crippen MR) is 112 cm³/mol. The Labute approximate surface area is 173 Å². The van der Waals surface area contributed by atoms with Gasteiger partial charge in [-0.15, -0.1) is 5.10 Å². The third-order valence-corrected chi connectivity index (χ3v) is 5.27. The van der Waals surface area contributed by atoms with E-state index >= 15 is 0 Å². The number of nitrogens with zero attached hydrogens (tertiary/aromatic N) is 8. The molecule has 0 atom stereocenters. The van der Waals surface area contributed by atoms with Gasteiger partial charge in [-0.05, 0) is 36.8 Å². The van der Waals surface area contributed by atoms with E-state index in [2.05, 4.69) is 47.8 Å². The lowest BCUT2D eigenvalue weighted by Crippen LogP contribution is -2.47. The maximum atomic E-state index is 6.12. The number of aromatic nitrogens is 6. The van der Waals surface area contributed by atoms with E-state index < -0.39 is 0 Å². The fourth-order valence-electron chi connectivity index (χ4n) is 3.63. The Balaban J connectivity index is 1.25. The Morgan fingerprint density at radius 2 is 1.97 bits per heavy atom. The summed E-state index contributed by atoms with van der Waals surface area (Å²) in [7, 11) is 0. The molecule has 1 aliphatic rings. The molecule has 2 N–H and O–H groups in total. The maximum Gasteiger partial charge on any atom is 0.259 e. The standard InChI is InChI=1S/C20H23N9O/c1-14-4-6-22-15(13-14)5-7-27-8-10-28(11-9-27)19-24-18(21)29-20(25-19)23-17(26-29)16-3-2-12-30-16/h2-4,6,12-13H,5,7-11H2,1H3,(H2,21,23,24,25,26). The van der Waals surface area contributed by atoms with Crippen LogP contribution in [0.2, 0.25) is 0 Å². The Kier molecular flexibility index (Phi) is 4.75. The summed E-state index contributed by atoms with van der Waals surface area (Å²) in [5, 5.41) is 4.34. The van der Waals surface area contributed by atoms with Gasteiger partial charge in [0, 0.05) is 51.0 Å². The minimum Gasteiger partial charge on any atom is -0.461 e. The molecule has 1 saturated heterocycles. The molecule has 154 valence electrons. The molecule has 5 heterocycles. The van der Waals surface area contributed by atoms with Crippen LogP contribution in [0.1, 0.15) is 11.3 Å². The number of furan rings is 1. The third-order valence-electron chi connectivity index (χ3n) is 5.27. The van der Waals surface area contributed by atoms with Gasteiger partial charge >= 0.3 is 0 Å². The normalized spacial score (nSPS) is 15.2. The average Bonchev–Trinajstić information content (AvgIpc) is 3.43. The molecular weight excluding hydrogens is 382 g/mol. The molecule has 5 rings (SSSR count). The Bertz CT molecular complexity index is 1150. The lowest BCUT2D eigenvalue weighted by atomic mass is 10.2. The van der Waals surface area contributed by atoms with Gasteiger partial charge in [0.05, 0.1) is 6.26 Å². The first kappa shape index (κ1) is 18.5. The van der Waals surface area contributed by atoms with Crippen LogP contribution in [0, 0.1) is 6.92 Å². The Morgan fingerprint density at radius 1 is 1.10 bits per heavy atom. The number of aryl methyl sites for hydroxylation is 1. The van der Waals surface area contributed by atoms with Gasteiger partial charge in [0.2, 0.25) is 17.7 Å². The second-order valence-corrected chi connectivity index (χ2v) is 7.41. The molecule has 0 aliphatic carbocycles. The maximum absolute atomic E-state index is 6.12. The van der Waals surface area contributed by atoms with Crippen molar-refractivity contribution in [2.75, 3.05) is 43.4 Å². The zero-order chi connectivity index (χ0) is 20.5. The molecule has 0 saturated carbocycles. The van der Waals surface area contributed by atoms with Gasteiger partial charge in [0.1, 0.15) is 0 Å². The first-order valence-corrected chi connectivity index (χ1v) is 9.99. The van der Waals surface area contributed by atoms with Crippen molar-refractivity contribution in [1.29, 1.82) is 0 Å². The SMILES string of the molecule is Cc1ccnc(CCN2CCN(c3nc(N)n4nc(-c5ccco5)nc4n3)CC2)c1. The van der Waals surface area contributed by atoms with Crippen LogP contribution in [0.25, 0.3) is 17.4 Å². The monoisotopic (exact) mass is 405 g/mol. The fraction of sp³-hybridized carbons (Fsp3) is 0.350. The number of fused-ring (bicyclic) bond motifs is 1. The highest BCUT2D eigenvalue weighted by Gasteiger charge is 2.21. The van der Waals surface area contributed by atoms with Crippen LogP contribution in [0.15, 0.2) is 41.1 Å². The van der Waals surface area contributed by atoms with Crippen LogP contribution in [0.4, 0.5) is 11.9 Å². The second-order valence-electron chi connectivity index (χ2n) is 7.41. The largest absolute Gasteiger partial charge is 0.461 e. The molecule has 1 fully saturated rings. The summed E-state index contributed by atoms with van der Waals surface area (Å²) in [6.45, 7) is 6.61. The van der Waals surface area contributed by atoms with Gasteiger partial charge in [0.25, 0.3) is 5.78 Å². The van der Waals surface area contributed by atoms with Crippen molar-refractivity contribution in [2.45, 2.75) is 13.3 Å². The molecule has 10 heteroatoms. The van der Waals surface area contributed by atoms with Crippen molar-refractivity contribution in [3.05, 3.63) is 48.0 Å². The van der Waals surface area contributed by atoms with E-state index in [4.69, 9.17) is 10.2 Å². The summed E-state index contributed by atoms with van der Waals surface area (Å²) < 4.78 is 6.80. The minimum atomic E-state index is 0.258. The summed E-state index contributed by atoms with van der Waals surface area (Å²) in [5.41, 5.74) is 8.50. The van der Waals surface area contributed by atoms with Gasteiger partial charge in [-0.2, -0.15) is 19.5 Å². The zero-order valence-electron chi connectivity index (χ0n) is 16.8. The van der Waals surface area contributed by atoms with Crippen LogP contribution in [0.3, 0.4) is 0 Å². The van der Waals surface area contributed by atoms with E-state index in [9.17, 15) is 0 Å². The second kappa shape index (κ2) is 7.71. The molecule has 0 aromatic carbocycles. The summed E-state index contributed by atoms with van der Waals surface area (Å²) in [6, 6.07) is 7.76. The smallest absolute Gasteiger partial charge is 0.259 e. The van der Waals surface area contributed by atoms with Crippen molar-refractivity contribution in [3.8, 4) is 11.6 Å². The summed E-state index contributed by atoms with van der Waals surface area (Å²) in [6.07, 6.45) is 4.41. The van der Waals surface area contributed by atoms with E-state index in [1.807, 2.05) is 12.3 Å². The molecule has 30 heavy (non-hydrogen) atoms. The first-order chi connectivity index (χ1) is 14.7. The number of anilines is 2. The molecule has 0 radical (unpaired) electrons. The fourth-order valence-corrected chi connectivity index (χ4v) is 3.63. The van der Waals surface area contributed by atoms with E-state index in [0.29, 0.717) is 23.3 Å². The molecule has 0 spiro atoms. The highest BCUT2D eigenvalue weighted by Crippen LogP contribution is 2.19. The highest BCUT2D eigenvalue weighted by molar-refractivity contribution is 5.53. The molecule has 10 nitrogen and oxygen atoms in total. The number of rotatable bonds is 5. The average molecular weight is 405 g/mol. The number of nitrogen functional groups attached to an aromatic ring is 1. The Morgan fingerprint density at radius 3 is 2.73 bits per heavy atom. The van der Waals surface area contributed by atoms with Gasteiger partial charge in [-0.1, -0.05) is 0 Å². The number of hydrogen-bond acceptors (Lipinski definition) is 9. The summed E-state index contributed by atoms with van der Waals surface area (Å²) in [5.74, 6) is 2.26. The quantitative estimate of drug-likeness (QED) is 0.526. The first-order valence-electron chi connectivity index (χ1n) is 9.99. The lowest BCUT2D eigenvalue weighted by molar-refractivity contribution is 0.259. The Hall–Kier alpha value is -3.53. The minimum absolute atomic E-state index is 0.258. The van der Waals surface area contributed by atoms with Crippen molar-refractivity contribution in [1.82, 2.24) is 34.4 Å². The lowest BCUT2D eigenvalue weighted by Gasteiger charge is -2.34. The van der Waals surface area contributed by atoms with Crippen molar-refractivity contribution < 1.29 is 4.42 Å². The van der Waals surface area contributed by atoms with Gasteiger partial charge in [-0.3, -0.25) is 9.88 Å². The summed E-state index contributed by atoms with van der Waals surface area (Å²) in [4.78, 5) is 22.5. The highest BCUT2D eigenvalue weighted by atomic mass is 16.3. The van der Waals surface area contributed by atoms with E-state index in [-0.39, 0.29) is 5.95 Å². The number of nitrogens with two attached hydrogens (primary N) is 1. The zero-order valence-corrected chi connectivity index (χ0v) is 16.8. The molecule has 0 unspecified atom stereocenters. The molecular formula is C20H23N9O. The summed E-state index contributed by atoms with van der Waals surface area (Å²) >= 11 is 0. The van der Waals surface area contributed by atoms with Crippen LogP contribution in [0.5, 0.6) is 0 Å². The van der Waals surface area contributed by atoms with Gasteiger partial charge in [0.15, 0.2) is 5.76 Å². The number of piperazine rings is 1. The van der Waals surface area contributed by atoms with Gasteiger partial charge in [-0.25, -0.2) is 0 Å². The van der Waals surface area contributed by atoms with E-state index in [1.165, 1.54) is 10.1 Å². The van der Waals surface area contributed by atoms with Crippen LogP contribution < -0.4 is 10.6 Å². The van der Waals surface area contributed by atoms with Crippen LogP contribution >= 0.6 is 0 Å². The third kappa shape index (κ3) is 3.69. The van der Waals surface area contributed by atoms with E-state index in [1.54, 1.807) is 18.4 Å². The molecule has 1 aliphatic heterocycles.